The van der Waals surface area contributed by atoms with Crippen molar-refractivity contribution in [3.8, 4) is 11.5 Å². The predicted octanol–water partition coefficient (Wildman–Crippen LogP) is 3.01. The molecule has 6 heteroatoms. The molecule has 0 radical (unpaired) electrons. The fraction of sp³-hybridized carbons (Fsp3) is 0.267. The van der Waals surface area contributed by atoms with Crippen molar-refractivity contribution < 1.29 is 14.6 Å². The highest BCUT2D eigenvalue weighted by atomic mass is 79.9. The molecule has 0 fully saturated rings. The van der Waals surface area contributed by atoms with Crippen molar-refractivity contribution in [1.82, 2.24) is 4.98 Å². The Kier molecular flexibility index (Phi) is 5.41. The van der Waals surface area contributed by atoms with E-state index in [-0.39, 0.29) is 0 Å². The number of nitrogens with one attached hydrogen (secondary N) is 1. The van der Waals surface area contributed by atoms with Crippen LogP contribution in [0.4, 0.5) is 5.82 Å². The van der Waals surface area contributed by atoms with Crippen LogP contribution in [0.3, 0.4) is 0 Å². The van der Waals surface area contributed by atoms with Gasteiger partial charge in [-0.1, -0.05) is 6.07 Å². The predicted molar refractivity (Wildman–Crippen MR) is 84.9 cm³/mol. The van der Waals surface area contributed by atoms with Crippen molar-refractivity contribution in [3.63, 3.8) is 0 Å². The number of methoxy groups -OCH3 is 2. The lowest BCUT2D eigenvalue weighted by Crippen LogP contribution is -2.13. The average Bonchev–Trinajstić information content (AvgIpc) is 2.53. The van der Waals surface area contributed by atoms with Gasteiger partial charge in [0.05, 0.1) is 20.3 Å². The van der Waals surface area contributed by atoms with Gasteiger partial charge in [-0.05, 0) is 45.8 Å². The smallest absolute Gasteiger partial charge is 0.161 e. The molecule has 1 atom stereocenters. The van der Waals surface area contributed by atoms with Crippen LogP contribution in [-0.4, -0.2) is 30.9 Å². The van der Waals surface area contributed by atoms with Gasteiger partial charge in [-0.2, -0.15) is 0 Å². The Labute approximate surface area is 132 Å². The van der Waals surface area contributed by atoms with E-state index in [2.05, 4.69) is 26.2 Å². The zero-order valence-corrected chi connectivity index (χ0v) is 13.4. The first-order valence-corrected chi connectivity index (χ1v) is 7.18. The van der Waals surface area contributed by atoms with Crippen molar-refractivity contribution in [2.24, 2.45) is 0 Å². The van der Waals surface area contributed by atoms with E-state index in [0.29, 0.717) is 23.9 Å². The Morgan fingerprint density at radius 3 is 2.57 bits per heavy atom. The third kappa shape index (κ3) is 4.09. The molecule has 21 heavy (non-hydrogen) atoms. The van der Waals surface area contributed by atoms with Crippen molar-refractivity contribution in [2.45, 2.75) is 6.10 Å². The summed E-state index contributed by atoms with van der Waals surface area (Å²) in [4.78, 5) is 4.19. The summed E-state index contributed by atoms with van der Waals surface area (Å²) in [6.45, 7) is 0.351. The normalized spacial score (nSPS) is 11.8. The van der Waals surface area contributed by atoms with Gasteiger partial charge in [0.2, 0.25) is 0 Å². The molecular formula is C15H17BrN2O3. The Bertz CT molecular complexity index is 590. The Morgan fingerprint density at radius 2 is 1.95 bits per heavy atom. The minimum atomic E-state index is -0.671. The zero-order chi connectivity index (χ0) is 15.2. The van der Waals surface area contributed by atoms with Crippen molar-refractivity contribution >= 4 is 21.7 Å². The molecule has 1 heterocycles. The number of ether oxygens (including phenoxy) is 2. The quantitative estimate of drug-likeness (QED) is 0.836. The third-order valence-corrected chi connectivity index (χ3v) is 3.47. The minimum absolute atomic E-state index is 0.351. The van der Waals surface area contributed by atoms with Gasteiger partial charge in [-0.3, -0.25) is 0 Å². The van der Waals surface area contributed by atoms with Crippen molar-refractivity contribution in [2.75, 3.05) is 26.1 Å². The molecule has 0 saturated heterocycles. The lowest BCUT2D eigenvalue weighted by atomic mass is 10.1. The molecule has 2 rings (SSSR count). The molecule has 5 nitrogen and oxygen atoms in total. The number of pyridine rings is 1. The van der Waals surface area contributed by atoms with Crippen LogP contribution in [0.5, 0.6) is 11.5 Å². The maximum absolute atomic E-state index is 10.2. The van der Waals surface area contributed by atoms with Crippen LogP contribution in [-0.2, 0) is 0 Å². The van der Waals surface area contributed by atoms with Gasteiger partial charge in [-0.25, -0.2) is 4.98 Å². The maximum atomic E-state index is 10.2. The van der Waals surface area contributed by atoms with Gasteiger partial charge in [-0.15, -0.1) is 0 Å². The first kappa shape index (κ1) is 15.6. The molecule has 2 aromatic rings. The first-order chi connectivity index (χ1) is 10.1. The summed E-state index contributed by atoms with van der Waals surface area (Å²) in [5, 5.41) is 13.3. The van der Waals surface area contributed by atoms with E-state index in [1.165, 1.54) is 0 Å². The van der Waals surface area contributed by atoms with Gasteiger partial charge in [0.25, 0.3) is 0 Å². The Balaban J connectivity index is 2.02. The summed E-state index contributed by atoms with van der Waals surface area (Å²) in [6.07, 6.45) is 1.03. The van der Waals surface area contributed by atoms with Crippen molar-refractivity contribution in [1.29, 1.82) is 0 Å². The zero-order valence-electron chi connectivity index (χ0n) is 11.8. The fourth-order valence-corrected chi connectivity index (χ4v) is 2.09. The van der Waals surface area contributed by atoms with E-state index in [9.17, 15) is 5.11 Å². The number of anilines is 1. The lowest BCUT2D eigenvalue weighted by Gasteiger charge is -2.15. The summed E-state index contributed by atoms with van der Waals surface area (Å²) in [6, 6.07) is 9.07. The largest absolute Gasteiger partial charge is 0.493 e. The topological polar surface area (TPSA) is 63.6 Å². The molecule has 0 saturated carbocycles. The number of hydrogen-bond donors (Lipinski definition) is 2. The maximum Gasteiger partial charge on any atom is 0.161 e. The van der Waals surface area contributed by atoms with E-state index >= 15 is 0 Å². The SMILES string of the molecule is COc1ccc(C(O)CNc2ccc(Br)cn2)cc1OC. The van der Waals surface area contributed by atoms with Crippen LogP contribution in [0.25, 0.3) is 0 Å². The van der Waals surface area contributed by atoms with Crippen molar-refractivity contribution in [3.05, 3.63) is 46.6 Å². The second-order valence-electron chi connectivity index (χ2n) is 4.37. The Morgan fingerprint density at radius 1 is 1.19 bits per heavy atom. The number of benzene rings is 1. The van der Waals surface area contributed by atoms with Gasteiger partial charge < -0.3 is 19.9 Å². The molecule has 0 amide bonds. The number of rotatable bonds is 6. The third-order valence-electron chi connectivity index (χ3n) is 3.00. The minimum Gasteiger partial charge on any atom is -0.493 e. The highest BCUT2D eigenvalue weighted by Crippen LogP contribution is 2.30. The monoisotopic (exact) mass is 352 g/mol. The van der Waals surface area contributed by atoms with Crippen LogP contribution < -0.4 is 14.8 Å². The van der Waals surface area contributed by atoms with Crippen LogP contribution in [0.1, 0.15) is 11.7 Å². The van der Waals surface area contributed by atoms with E-state index in [0.717, 1.165) is 10.0 Å². The molecule has 1 aromatic heterocycles. The molecule has 0 bridgehead atoms. The summed E-state index contributed by atoms with van der Waals surface area (Å²) in [5.74, 6) is 1.93. The van der Waals surface area contributed by atoms with Crippen LogP contribution in [0.2, 0.25) is 0 Å². The van der Waals surface area contributed by atoms with Crippen LogP contribution in [0.15, 0.2) is 41.0 Å². The van der Waals surface area contributed by atoms with Crippen LogP contribution in [0, 0.1) is 0 Å². The molecule has 2 N–H and O–H groups in total. The standard InChI is InChI=1S/C15H17BrN2O3/c1-20-13-5-3-10(7-14(13)21-2)12(19)9-18-15-6-4-11(16)8-17-15/h3-8,12,19H,9H2,1-2H3,(H,17,18). The first-order valence-electron chi connectivity index (χ1n) is 6.39. The Hall–Kier alpha value is -1.79. The molecule has 1 aromatic carbocycles. The molecule has 0 aliphatic rings. The number of hydrogen-bond acceptors (Lipinski definition) is 5. The number of aromatic nitrogens is 1. The summed E-state index contributed by atoms with van der Waals surface area (Å²) < 4.78 is 11.3. The molecule has 0 aliphatic heterocycles. The molecule has 0 spiro atoms. The number of aliphatic hydroxyl groups excluding tert-OH is 1. The lowest BCUT2D eigenvalue weighted by molar-refractivity contribution is 0.191. The second kappa shape index (κ2) is 7.28. The molecule has 0 aliphatic carbocycles. The molecule has 1 unspecified atom stereocenters. The highest BCUT2D eigenvalue weighted by Gasteiger charge is 2.11. The number of halogens is 1. The van der Waals surface area contributed by atoms with Gasteiger partial charge in [0, 0.05) is 17.2 Å². The van der Waals surface area contributed by atoms with Gasteiger partial charge in [0.15, 0.2) is 11.5 Å². The van der Waals surface area contributed by atoms with E-state index in [1.807, 2.05) is 18.2 Å². The number of nitrogens with zero attached hydrogens (tertiary/aromatic N) is 1. The van der Waals surface area contributed by atoms with Gasteiger partial charge >= 0.3 is 0 Å². The summed E-state index contributed by atoms with van der Waals surface area (Å²) in [5.41, 5.74) is 0.747. The number of aliphatic hydroxyl groups is 1. The highest BCUT2D eigenvalue weighted by molar-refractivity contribution is 9.10. The fourth-order valence-electron chi connectivity index (χ4n) is 1.86. The second-order valence-corrected chi connectivity index (χ2v) is 5.29. The van der Waals surface area contributed by atoms with E-state index in [1.54, 1.807) is 32.5 Å². The van der Waals surface area contributed by atoms with Crippen LogP contribution >= 0.6 is 15.9 Å². The molecule has 112 valence electrons. The summed E-state index contributed by atoms with van der Waals surface area (Å²) in [7, 11) is 3.15. The van der Waals surface area contributed by atoms with Gasteiger partial charge in [0.1, 0.15) is 5.82 Å². The van der Waals surface area contributed by atoms with E-state index < -0.39 is 6.10 Å². The van der Waals surface area contributed by atoms with E-state index in [4.69, 9.17) is 9.47 Å². The average molecular weight is 353 g/mol. The summed E-state index contributed by atoms with van der Waals surface area (Å²) >= 11 is 3.33. The molecular weight excluding hydrogens is 336 g/mol.